The van der Waals surface area contributed by atoms with E-state index in [1.165, 1.54) is 11.8 Å². The van der Waals surface area contributed by atoms with Gasteiger partial charge in [0.15, 0.2) is 9.84 Å². The van der Waals surface area contributed by atoms with Crippen molar-refractivity contribution >= 4 is 15.7 Å². The summed E-state index contributed by atoms with van der Waals surface area (Å²) in [5, 5.41) is 7.79. The summed E-state index contributed by atoms with van der Waals surface area (Å²) >= 11 is 0. The van der Waals surface area contributed by atoms with Crippen LogP contribution in [0.3, 0.4) is 0 Å². The van der Waals surface area contributed by atoms with Gasteiger partial charge in [0.2, 0.25) is 5.91 Å². The summed E-state index contributed by atoms with van der Waals surface area (Å²) in [6.45, 7) is 1.49. The molecular weight excluding hydrogens is 218 g/mol. The van der Waals surface area contributed by atoms with E-state index >= 15 is 0 Å². The molecule has 0 aliphatic heterocycles. The van der Waals surface area contributed by atoms with E-state index in [2.05, 4.69) is 0 Å². The highest BCUT2D eigenvalue weighted by atomic mass is 32.2. The third-order valence-electron chi connectivity index (χ3n) is 2.60. The third-order valence-corrected chi connectivity index (χ3v) is 4.09. The Morgan fingerprint density at radius 3 is 2.40 bits per heavy atom. The molecule has 1 N–H and O–H groups in total. The quantitative estimate of drug-likeness (QED) is 0.690. The molecule has 0 radical (unpaired) electrons. The van der Waals surface area contributed by atoms with Crippen molar-refractivity contribution in [2.45, 2.75) is 31.1 Å². The van der Waals surface area contributed by atoms with Gasteiger partial charge >= 0.3 is 0 Å². The minimum Gasteiger partial charge on any atom is -0.395 e. The Labute approximate surface area is 90.0 Å². The number of hydrogen-bond donors (Lipinski definition) is 1. The van der Waals surface area contributed by atoms with Crippen LogP contribution >= 0.6 is 0 Å². The molecule has 0 bridgehead atoms. The van der Waals surface area contributed by atoms with Crippen molar-refractivity contribution in [2.75, 3.05) is 19.4 Å². The lowest BCUT2D eigenvalue weighted by Crippen LogP contribution is -2.43. The minimum absolute atomic E-state index is 0.126. The predicted molar refractivity (Wildman–Crippen MR) is 56.1 cm³/mol. The maximum absolute atomic E-state index is 11.8. The largest absolute Gasteiger partial charge is 0.395 e. The SMILES string of the molecule is CC(C(=O)N(CCO)C1CC1)S(C)(=O)=O. The third kappa shape index (κ3) is 3.17. The Morgan fingerprint density at radius 1 is 1.53 bits per heavy atom. The summed E-state index contributed by atoms with van der Waals surface area (Å²) < 4.78 is 22.4. The average molecular weight is 235 g/mol. The van der Waals surface area contributed by atoms with Crippen LogP contribution in [0.5, 0.6) is 0 Å². The second-order valence-corrected chi connectivity index (χ2v) is 6.32. The summed E-state index contributed by atoms with van der Waals surface area (Å²) in [5.41, 5.74) is 0. The van der Waals surface area contributed by atoms with E-state index in [1.807, 2.05) is 0 Å². The molecular formula is C9H17NO4S. The van der Waals surface area contributed by atoms with Crippen molar-refractivity contribution in [1.82, 2.24) is 4.90 Å². The van der Waals surface area contributed by atoms with Gasteiger partial charge < -0.3 is 10.0 Å². The molecule has 0 aromatic heterocycles. The smallest absolute Gasteiger partial charge is 0.240 e. The molecule has 1 aliphatic rings. The lowest BCUT2D eigenvalue weighted by molar-refractivity contribution is -0.131. The van der Waals surface area contributed by atoms with Gasteiger partial charge in [0.05, 0.1) is 6.61 Å². The number of nitrogens with zero attached hydrogens (tertiary/aromatic N) is 1. The highest BCUT2D eigenvalue weighted by Gasteiger charge is 2.36. The number of carbonyl (C=O) groups is 1. The molecule has 1 saturated carbocycles. The van der Waals surface area contributed by atoms with Crippen LogP contribution in [0.2, 0.25) is 0 Å². The number of amides is 1. The van der Waals surface area contributed by atoms with E-state index < -0.39 is 21.0 Å². The molecule has 1 rings (SSSR count). The fourth-order valence-electron chi connectivity index (χ4n) is 1.38. The van der Waals surface area contributed by atoms with Gasteiger partial charge in [-0.2, -0.15) is 0 Å². The summed E-state index contributed by atoms with van der Waals surface area (Å²) in [6.07, 6.45) is 2.87. The second-order valence-electron chi connectivity index (χ2n) is 3.96. The maximum Gasteiger partial charge on any atom is 0.240 e. The Bertz CT molecular complexity index is 334. The molecule has 5 nitrogen and oxygen atoms in total. The van der Waals surface area contributed by atoms with Gasteiger partial charge in [0.25, 0.3) is 0 Å². The van der Waals surface area contributed by atoms with Crippen LogP contribution in [0.15, 0.2) is 0 Å². The topological polar surface area (TPSA) is 74.7 Å². The van der Waals surface area contributed by atoms with Gasteiger partial charge in [-0.15, -0.1) is 0 Å². The number of aliphatic hydroxyl groups is 1. The van der Waals surface area contributed by atoms with Gasteiger partial charge in [0, 0.05) is 18.8 Å². The molecule has 88 valence electrons. The molecule has 15 heavy (non-hydrogen) atoms. The first-order valence-electron chi connectivity index (χ1n) is 4.98. The predicted octanol–water partition coefficient (Wildman–Crippen LogP) is -0.597. The van der Waals surface area contributed by atoms with E-state index in [9.17, 15) is 13.2 Å². The fraction of sp³-hybridized carbons (Fsp3) is 0.889. The molecule has 1 fully saturated rings. The number of aliphatic hydroxyl groups excluding tert-OH is 1. The summed E-state index contributed by atoms with van der Waals surface area (Å²) in [6, 6.07) is 0.133. The first kappa shape index (κ1) is 12.4. The lowest BCUT2D eigenvalue weighted by atomic mass is 10.3. The minimum atomic E-state index is -3.34. The van der Waals surface area contributed by atoms with Crippen LogP contribution in [0, 0.1) is 0 Å². The van der Waals surface area contributed by atoms with Crippen molar-refractivity contribution in [3.05, 3.63) is 0 Å². The van der Waals surface area contributed by atoms with Gasteiger partial charge in [-0.25, -0.2) is 8.42 Å². The fourth-order valence-corrected chi connectivity index (χ4v) is 1.88. The van der Waals surface area contributed by atoms with E-state index in [4.69, 9.17) is 5.11 Å². The number of rotatable bonds is 5. The molecule has 1 atom stereocenters. The van der Waals surface area contributed by atoms with Gasteiger partial charge in [-0.1, -0.05) is 0 Å². The standard InChI is InChI=1S/C9H17NO4S/c1-7(15(2,13)14)9(12)10(5-6-11)8-3-4-8/h7-8,11H,3-6H2,1-2H3. The molecule has 0 aromatic carbocycles. The zero-order chi connectivity index (χ0) is 11.6. The Morgan fingerprint density at radius 2 is 2.07 bits per heavy atom. The Balaban J connectivity index is 2.71. The average Bonchev–Trinajstić information content (AvgIpc) is 2.93. The van der Waals surface area contributed by atoms with E-state index in [0.29, 0.717) is 0 Å². The van der Waals surface area contributed by atoms with Crippen LogP contribution in [-0.2, 0) is 14.6 Å². The first-order chi connectivity index (χ1) is 6.88. The van der Waals surface area contributed by atoms with E-state index in [0.717, 1.165) is 19.1 Å². The molecule has 0 aromatic rings. The van der Waals surface area contributed by atoms with Gasteiger partial charge in [-0.05, 0) is 19.8 Å². The second kappa shape index (κ2) is 4.49. The molecule has 0 spiro atoms. The van der Waals surface area contributed by atoms with Crippen molar-refractivity contribution < 1.29 is 18.3 Å². The number of carbonyl (C=O) groups excluding carboxylic acids is 1. The van der Waals surface area contributed by atoms with Crippen LogP contribution in [0.1, 0.15) is 19.8 Å². The van der Waals surface area contributed by atoms with Crippen molar-refractivity contribution in [3.63, 3.8) is 0 Å². The van der Waals surface area contributed by atoms with Crippen LogP contribution < -0.4 is 0 Å². The van der Waals surface area contributed by atoms with Crippen molar-refractivity contribution in [1.29, 1.82) is 0 Å². The van der Waals surface area contributed by atoms with E-state index in [1.54, 1.807) is 0 Å². The first-order valence-corrected chi connectivity index (χ1v) is 6.93. The van der Waals surface area contributed by atoms with Gasteiger partial charge in [0.1, 0.15) is 5.25 Å². The van der Waals surface area contributed by atoms with Crippen molar-refractivity contribution in [3.8, 4) is 0 Å². The summed E-state index contributed by atoms with van der Waals surface area (Å²) in [5.74, 6) is -0.394. The Kier molecular flexibility index (Phi) is 3.72. The molecule has 6 heteroatoms. The lowest BCUT2D eigenvalue weighted by Gasteiger charge is -2.24. The normalized spacial score (nSPS) is 18.6. The summed E-state index contributed by atoms with van der Waals surface area (Å²) in [7, 11) is -3.34. The van der Waals surface area contributed by atoms with Crippen LogP contribution in [0.4, 0.5) is 0 Å². The molecule has 1 unspecified atom stereocenters. The Hall–Kier alpha value is -0.620. The highest BCUT2D eigenvalue weighted by Crippen LogP contribution is 2.27. The molecule has 1 aliphatic carbocycles. The van der Waals surface area contributed by atoms with Crippen LogP contribution in [0.25, 0.3) is 0 Å². The zero-order valence-corrected chi connectivity index (χ0v) is 9.83. The summed E-state index contributed by atoms with van der Waals surface area (Å²) in [4.78, 5) is 13.3. The van der Waals surface area contributed by atoms with Crippen LogP contribution in [-0.4, -0.2) is 55.0 Å². The zero-order valence-electron chi connectivity index (χ0n) is 9.01. The molecule has 0 heterocycles. The molecule has 0 saturated heterocycles. The van der Waals surface area contributed by atoms with Crippen molar-refractivity contribution in [2.24, 2.45) is 0 Å². The number of hydrogen-bond acceptors (Lipinski definition) is 4. The van der Waals surface area contributed by atoms with E-state index in [-0.39, 0.29) is 19.2 Å². The monoisotopic (exact) mass is 235 g/mol. The maximum atomic E-state index is 11.8. The highest BCUT2D eigenvalue weighted by molar-refractivity contribution is 7.92. The number of sulfone groups is 1. The molecule has 1 amide bonds. The van der Waals surface area contributed by atoms with Gasteiger partial charge in [-0.3, -0.25) is 4.79 Å².